The van der Waals surface area contributed by atoms with Crippen LogP contribution < -0.4 is 15.4 Å². The average molecular weight is 306 g/mol. The van der Waals surface area contributed by atoms with Gasteiger partial charge in [0.15, 0.2) is 6.10 Å². The number of halogens is 3. The van der Waals surface area contributed by atoms with E-state index in [-0.39, 0.29) is 30.0 Å². The van der Waals surface area contributed by atoms with Crippen LogP contribution in [0.5, 0.6) is 5.75 Å². The molecular formula is C12H13F3N2O2S. The van der Waals surface area contributed by atoms with Gasteiger partial charge in [0.2, 0.25) is 0 Å². The van der Waals surface area contributed by atoms with Gasteiger partial charge in [-0.25, -0.2) is 0 Å². The standard InChI is InChI=1S/C12H13F3N2O2S/c1-7-11(18)17(4-5-20-12(13,14)15)9-3-2-8(16)6-10(9)19-7/h2-3,6-7H,4-5,16H2,1H3. The summed E-state index contributed by atoms with van der Waals surface area (Å²) in [5.74, 6) is -0.176. The van der Waals surface area contributed by atoms with Gasteiger partial charge in [-0.15, -0.1) is 0 Å². The third-order valence-corrected chi connectivity index (χ3v) is 3.49. The first-order valence-corrected chi connectivity index (χ1v) is 6.85. The molecule has 0 aromatic heterocycles. The van der Waals surface area contributed by atoms with E-state index in [0.29, 0.717) is 17.1 Å². The molecule has 2 rings (SSSR count). The minimum absolute atomic E-state index is 0.0341. The molecule has 1 aromatic carbocycles. The van der Waals surface area contributed by atoms with Crippen molar-refractivity contribution in [2.24, 2.45) is 0 Å². The topological polar surface area (TPSA) is 55.6 Å². The Hall–Kier alpha value is -1.57. The first kappa shape index (κ1) is 14.8. The Morgan fingerprint density at radius 2 is 2.15 bits per heavy atom. The number of thioether (sulfide) groups is 1. The van der Waals surface area contributed by atoms with Crippen LogP contribution in [-0.2, 0) is 4.79 Å². The van der Waals surface area contributed by atoms with Crippen LogP contribution in [0.1, 0.15) is 6.92 Å². The van der Waals surface area contributed by atoms with Gasteiger partial charge in [-0.1, -0.05) is 0 Å². The number of amides is 1. The normalized spacial score (nSPS) is 18.7. The van der Waals surface area contributed by atoms with E-state index in [9.17, 15) is 18.0 Å². The van der Waals surface area contributed by atoms with Gasteiger partial charge < -0.3 is 15.4 Å². The highest BCUT2D eigenvalue weighted by Gasteiger charge is 2.33. The zero-order valence-corrected chi connectivity index (χ0v) is 11.4. The van der Waals surface area contributed by atoms with Crippen LogP contribution in [0.4, 0.5) is 24.5 Å². The van der Waals surface area contributed by atoms with Crippen molar-refractivity contribution in [2.75, 3.05) is 22.9 Å². The van der Waals surface area contributed by atoms with Crippen LogP contribution in [-0.4, -0.2) is 29.8 Å². The van der Waals surface area contributed by atoms with E-state index in [2.05, 4.69) is 0 Å². The molecule has 110 valence electrons. The van der Waals surface area contributed by atoms with Crippen LogP contribution >= 0.6 is 11.8 Å². The number of nitrogen functional groups attached to an aromatic ring is 1. The van der Waals surface area contributed by atoms with Crippen molar-refractivity contribution in [1.29, 1.82) is 0 Å². The van der Waals surface area contributed by atoms with Gasteiger partial charge in [0.25, 0.3) is 5.91 Å². The number of alkyl halides is 3. The Labute approximate surface area is 118 Å². The van der Waals surface area contributed by atoms with Crippen LogP contribution in [0.2, 0.25) is 0 Å². The van der Waals surface area contributed by atoms with Crippen LogP contribution in [0.25, 0.3) is 0 Å². The molecule has 1 atom stereocenters. The highest BCUT2D eigenvalue weighted by molar-refractivity contribution is 8.00. The van der Waals surface area contributed by atoms with Gasteiger partial charge in [0, 0.05) is 24.1 Å². The smallest absolute Gasteiger partial charge is 0.441 e. The molecule has 1 aliphatic rings. The summed E-state index contributed by atoms with van der Waals surface area (Å²) in [7, 11) is 0. The van der Waals surface area contributed by atoms with E-state index < -0.39 is 11.6 Å². The summed E-state index contributed by atoms with van der Waals surface area (Å²) in [5, 5.41) is 0. The Bertz CT molecular complexity index is 522. The SMILES string of the molecule is CC1Oc2cc(N)ccc2N(CCSC(F)(F)F)C1=O. The number of ether oxygens (including phenoxy) is 1. The fraction of sp³-hybridized carbons (Fsp3) is 0.417. The van der Waals surface area contributed by atoms with Crippen molar-refractivity contribution < 1.29 is 22.7 Å². The average Bonchev–Trinajstić information content (AvgIpc) is 2.32. The summed E-state index contributed by atoms with van der Waals surface area (Å²) >= 11 is -0.151. The van der Waals surface area contributed by atoms with Crippen molar-refractivity contribution in [3.63, 3.8) is 0 Å². The summed E-state index contributed by atoms with van der Waals surface area (Å²) < 4.78 is 41.9. The second-order valence-corrected chi connectivity index (χ2v) is 5.43. The first-order chi connectivity index (χ1) is 9.28. The Balaban J connectivity index is 2.17. The fourth-order valence-electron chi connectivity index (χ4n) is 1.91. The summed E-state index contributed by atoms with van der Waals surface area (Å²) in [6.45, 7) is 1.52. The number of hydrogen-bond donors (Lipinski definition) is 1. The van der Waals surface area contributed by atoms with E-state index in [1.165, 1.54) is 4.90 Å². The highest BCUT2D eigenvalue weighted by Crippen LogP contribution is 2.36. The third-order valence-electron chi connectivity index (χ3n) is 2.77. The Morgan fingerprint density at radius 3 is 2.80 bits per heavy atom. The van der Waals surface area contributed by atoms with Crippen molar-refractivity contribution in [3.8, 4) is 5.75 Å². The monoisotopic (exact) mass is 306 g/mol. The predicted octanol–water partition coefficient (Wildman–Crippen LogP) is 2.64. The summed E-state index contributed by atoms with van der Waals surface area (Å²) in [6.07, 6.45) is -0.736. The van der Waals surface area contributed by atoms with E-state index in [0.717, 1.165) is 0 Å². The molecule has 0 fully saturated rings. The molecule has 2 N–H and O–H groups in total. The van der Waals surface area contributed by atoms with Gasteiger partial charge in [-0.05, 0) is 30.8 Å². The molecule has 0 spiro atoms. The summed E-state index contributed by atoms with van der Waals surface area (Å²) in [5.41, 5.74) is 2.24. The molecule has 0 bridgehead atoms. The van der Waals surface area contributed by atoms with Gasteiger partial charge in [0.1, 0.15) is 5.75 Å². The number of fused-ring (bicyclic) bond motifs is 1. The second kappa shape index (κ2) is 5.43. The van der Waals surface area contributed by atoms with Gasteiger partial charge in [-0.2, -0.15) is 13.2 Å². The molecule has 1 aromatic rings. The predicted molar refractivity (Wildman–Crippen MR) is 71.8 cm³/mol. The lowest BCUT2D eigenvalue weighted by Gasteiger charge is -2.33. The van der Waals surface area contributed by atoms with Crippen molar-refractivity contribution in [1.82, 2.24) is 0 Å². The zero-order valence-electron chi connectivity index (χ0n) is 10.6. The third kappa shape index (κ3) is 3.30. The number of hydrogen-bond acceptors (Lipinski definition) is 4. The molecule has 0 saturated carbocycles. The molecule has 0 aliphatic carbocycles. The minimum atomic E-state index is -4.30. The van der Waals surface area contributed by atoms with E-state index in [1.807, 2.05) is 0 Å². The first-order valence-electron chi connectivity index (χ1n) is 5.86. The fourth-order valence-corrected chi connectivity index (χ4v) is 2.42. The molecule has 1 amide bonds. The summed E-state index contributed by atoms with van der Waals surface area (Å²) in [6, 6.07) is 4.71. The molecular weight excluding hydrogens is 293 g/mol. The highest BCUT2D eigenvalue weighted by atomic mass is 32.2. The van der Waals surface area contributed by atoms with E-state index >= 15 is 0 Å². The van der Waals surface area contributed by atoms with Crippen LogP contribution in [0, 0.1) is 0 Å². The number of anilines is 2. The lowest BCUT2D eigenvalue weighted by molar-refractivity contribution is -0.125. The van der Waals surface area contributed by atoms with Crippen LogP contribution in [0.15, 0.2) is 18.2 Å². The van der Waals surface area contributed by atoms with Crippen molar-refractivity contribution in [3.05, 3.63) is 18.2 Å². The molecule has 0 radical (unpaired) electrons. The minimum Gasteiger partial charge on any atom is -0.479 e. The molecule has 20 heavy (non-hydrogen) atoms. The molecule has 1 heterocycles. The maximum Gasteiger partial charge on any atom is 0.441 e. The quantitative estimate of drug-likeness (QED) is 0.872. The number of nitrogens with two attached hydrogens (primary N) is 1. The summed E-state index contributed by atoms with van der Waals surface area (Å²) in [4.78, 5) is 13.3. The van der Waals surface area contributed by atoms with Gasteiger partial charge >= 0.3 is 5.51 Å². The largest absolute Gasteiger partial charge is 0.479 e. The molecule has 1 unspecified atom stereocenters. The van der Waals surface area contributed by atoms with Crippen LogP contribution in [0.3, 0.4) is 0 Å². The lowest BCUT2D eigenvalue weighted by atomic mass is 10.1. The van der Waals surface area contributed by atoms with E-state index in [1.54, 1.807) is 25.1 Å². The molecule has 8 heteroatoms. The number of rotatable bonds is 3. The number of carbonyl (C=O) groups excluding carboxylic acids is 1. The molecule has 0 saturated heterocycles. The lowest BCUT2D eigenvalue weighted by Crippen LogP contribution is -2.45. The maximum absolute atomic E-state index is 12.2. The van der Waals surface area contributed by atoms with Gasteiger partial charge in [-0.3, -0.25) is 4.79 Å². The molecule has 1 aliphatic heterocycles. The Morgan fingerprint density at radius 1 is 1.45 bits per heavy atom. The second-order valence-electron chi connectivity index (χ2n) is 4.27. The number of carbonyl (C=O) groups is 1. The van der Waals surface area contributed by atoms with E-state index in [4.69, 9.17) is 10.5 Å². The Kier molecular flexibility index (Phi) is 4.03. The zero-order chi connectivity index (χ0) is 14.9. The van der Waals surface area contributed by atoms with Crippen molar-refractivity contribution >= 4 is 29.0 Å². The number of benzene rings is 1. The van der Waals surface area contributed by atoms with Crippen molar-refractivity contribution in [2.45, 2.75) is 18.5 Å². The molecule has 4 nitrogen and oxygen atoms in total. The number of nitrogens with zero attached hydrogens (tertiary/aromatic N) is 1. The van der Waals surface area contributed by atoms with Gasteiger partial charge in [0.05, 0.1) is 5.69 Å². The maximum atomic E-state index is 12.2.